The number of hydrogen-bond donors (Lipinski definition) is 2. The Balaban J connectivity index is 2.02. The van der Waals surface area contributed by atoms with Crippen molar-refractivity contribution in [1.82, 2.24) is 9.88 Å². The number of fused-ring (bicyclic) bond motifs is 1. The average molecular weight is 423 g/mol. The summed E-state index contributed by atoms with van der Waals surface area (Å²) in [6.45, 7) is 9.26. The second kappa shape index (κ2) is 7.81. The van der Waals surface area contributed by atoms with Crippen LogP contribution in [0.3, 0.4) is 0 Å². The van der Waals surface area contributed by atoms with Gasteiger partial charge in [-0.25, -0.2) is 9.18 Å². The van der Waals surface area contributed by atoms with Crippen LogP contribution in [0.25, 0.3) is 16.6 Å². The molecule has 1 aliphatic rings. The summed E-state index contributed by atoms with van der Waals surface area (Å²) < 4.78 is 16.9. The fourth-order valence-corrected chi connectivity index (χ4v) is 4.53. The molecular formula is C24H26FN3O3. The number of aromatic carboxylic acids is 1. The third kappa shape index (κ3) is 3.81. The Morgan fingerprint density at radius 2 is 1.77 bits per heavy atom. The van der Waals surface area contributed by atoms with E-state index in [-0.39, 0.29) is 23.0 Å². The van der Waals surface area contributed by atoms with Crippen LogP contribution < -0.4 is 15.6 Å². The summed E-state index contributed by atoms with van der Waals surface area (Å²) in [4.78, 5) is 26.6. The second-order valence-corrected chi connectivity index (χ2v) is 8.53. The van der Waals surface area contributed by atoms with E-state index < -0.39 is 17.2 Å². The first-order valence-corrected chi connectivity index (χ1v) is 10.4. The van der Waals surface area contributed by atoms with E-state index in [1.165, 1.54) is 12.3 Å². The maximum Gasteiger partial charge on any atom is 0.341 e. The van der Waals surface area contributed by atoms with Crippen molar-refractivity contribution >= 4 is 22.6 Å². The van der Waals surface area contributed by atoms with Gasteiger partial charge in [0.1, 0.15) is 11.4 Å². The predicted molar refractivity (Wildman–Crippen MR) is 120 cm³/mol. The molecule has 1 aromatic heterocycles. The molecule has 31 heavy (non-hydrogen) atoms. The van der Waals surface area contributed by atoms with Gasteiger partial charge in [-0.3, -0.25) is 4.79 Å². The van der Waals surface area contributed by atoms with Crippen LogP contribution in [0.2, 0.25) is 0 Å². The molecule has 2 aromatic carbocycles. The van der Waals surface area contributed by atoms with E-state index in [1.807, 2.05) is 50.8 Å². The van der Waals surface area contributed by atoms with Gasteiger partial charge in [-0.1, -0.05) is 17.7 Å². The molecule has 0 radical (unpaired) electrons. The first-order valence-electron chi connectivity index (χ1n) is 10.4. The average Bonchev–Trinajstić information content (AvgIpc) is 2.68. The molecule has 0 amide bonds. The van der Waals surface area contributed by atoms with Crippen molar-refractivity contribution in [3.8, 4) is 5.69 Å². The number of nitrogens with one attached hydrogen (secondary N) is 1. The van der Waals surface area contributed by atoms with Crippen molar-refractivity contribution in [2.75, 3.05) is 18.0 Å². The number of benzene rings is 2. The van der Waals surface area contributed by atoms with Crippen LogP contribution in [-0.2, 0) is 0 Å². The zero-order valence-electron chi connectivity index (χ0n) is 18.1. The standard InChI is InChI=1S/C24H26FN3O3/c1-13-5-6-20(14(2)7-13)28-12-18(24(30)31)23(29)17-8-19(25)22(9-21(17)28)27-10-15(3)26-16(4)11-27/h5-9,12,15-16,26H,10-11H2,1-4H3,(H,30,31). The molecular weight excluding hydrogens is 397 g/mol. The third-order valence-corrected chi connectivity index (χ3v) is 5.81. The Hall–Kier alpha value is -3.19. The minimum atomic E-state index is -1.33. The van der Waals surface area contributed by atoms with Crippen molar-refractivity contribution in [3.63, 3.8) is 0 Å². The highest BCUT2D eigenvalue weighted by Gasteiger charge is 2.25. The van der Waals surface area contributed by atoms with Crippen LogP contribution in [0.4, 0.5) is 10.1 Å². The van der Waals surface area contributed by atoms with Gasteiger partial charge in [-0.05, 0) is 51.5 Å². The van der Waals surface area contributed by atoms with E-state index >= 15 is 4.39 Å². The lowest BCUT2D eigenvalue weighted by Crippen LogP contribution is -2.54. The number of anilines is 1. The number of halogens is 1. The SMILES string of the molecule is Cc1ccc(-n2cc(C(=O)O)c(=O)c3cc(F)c(N4CC(C)NC(C)C4)cc32)c(C)c1. The molecule has 4 rings (SSSR count). The largest absolute Gasteiger partial charge is 0.477 e. The topological polar surface area (TPSA) is 74.6 Å². The van der Waals surface area contributed by atoms with Crippen LogP contribution in [0.15, 0.2) is 41.3 Å². The molecule has 0 bridgehead atoms. The van der Waals surface area contributed by atoms with Crippen LogP contribution in [0, 0.1) is 19.7 Å². The molecule has 2 unspecified atom stereocenters. The molecule has 3 aromatic rings. The van der Waals surface area contributed by atoms with E-state index in [1.54, 1.807) is 10.6 Å². The van der Waals surface area contributed by atoms with E-state index in [9.17, 15) is 14.7 Å². The van der Waals surface area contributed by atoms with Gasteiger partial charge in [0, 0.05) is 42.4 Å². The fraction of sp³-hybridized carbons (Fsp3) is 0.333. The summed E-state index contributed by atoms with van der Waals surface area (Å²) in [5.41, 5.74) is 2.57. The molecule has 162 valence electrons. The van der Waals surface area contributed by atoms with E-state index in [0.717, 1.165) is 16.8 Å². The lowest BCUT2D eigenvalue weighted by molar-refractivity contribution is 0.0695. The Kier molecular flexibility index (Phi) is 5.31. The summed E-state index contributed by atoms with van der Waals surface area (Å²) in [5.74, 6) is -1.86. The molecule has 1 fully saturated rings. The Morgan fingerprint density at radius 1 is 1.10 bits per heavy atom. The van der Waals surface area contributed by atoms with Crippen molar-refractivity contribution in [1.29, 1.82) is 0 Å². The first-order chi connectivity index (χ1) is 14.7. The zero-order chi connectivity index (χ0) is 22.4. The monoisotopic (exact) mass is 423 g/mol. The van der Waals surface area contributed by atoms with Gasteiger partial charge in [0.05, 0.1) is 11.2 Å². The number of aromatic nitrogens is 1. The minimum Gasteiger partial charge on any atom is -0.477 e. The van der Waals surface area contributed by atoms with Gasteiger partial charge in [0.15, 0.2) is 0 Å². The molecule has 1 saturated heterocycles. The number of piperazine rings is 1. The number of carboxylic acids is 1. The third-order valence-electron chi connectivity index (χ3n) is 5.81. The lowest BCUT2D eigenvalue weighted by Gasteiger charge is -2.38. The minimum absolute atomic E-state index is 0.0531. The molecule has 2 N–H and O–H groups in total. The van der Waals surface area contributed by atoms with E-state index in [4.69, 9.17) is 0 Å². The summed E-state index contributed by atoms with van der Waals surface area (Å²) in [5, 5.41) is 13.1. The molecule has 7 heteroatoms. The van der Waals surface area contributed by atoms with Crippen molar-refractivity contribution < 1.29 is 14.3 Å². The van der Waals surface area contributed by atoms with Crippen LogP contribution in [0.1, 0.15) is 35.3 Å². The quantitative estimate of drug-likeness (QED) is 0.673. The van der Waals surface area contributed by atoms with Crippen LogP contribution >= 0.6 is 0 Å². The van der Waals surface area contributed by atoms with Gasteiger partial charge in [-0.2, -0.15) is 0 Å². The smallest absolute Gasteiger partial charge is 0.341 e. The highest BCUT2D eigenvalue weighted by molar-refractivity contribution is 5.94. The number of carboxylic acid groups (broad SMARTS) is 1. The molecule has 0 spiro atoms. The number of carbonyl (C=O) groups is 1. The normalized spacial score (nSPS) is 19.1. The van der Waals surface area contributed by atoms with Crippen molar-refractivity contribution in [2.45, 2.75) is 39.8 Å². The summed E-state index contributed by atoms with van der Waals surface area (Å²) in [6.07, 6.45) is 1.34. The fourth-order valence-electron chi connectivity index (χ4n) is 4.53. The summed E-state index contributed by atoms with van der Waals surface area (Å²) in [7, 11) is 0. The van der Waals surface area contributed by atoms with Crippen molar-refractivity contribution in [2.24, 2.45) is 0 Å². The number of rotatable bonds is 3. The molecule has 0 saturated carbocycles. The predicted octanol–water partition coefficient (Wildman–Crippen LogP) is 3.63. The number of nitrogens with zero attached hydrogens (tertiary/aromatic N) is 2. The number of hydrogen-bond acceptors (Lipinski definition) is 4. The van der Waals surface area contributed by atoms with E-state index in [0.29, 0.717) is 24.3 Å². The Morgan fingerprint density at radius 3 is 2.39 bits per heavy atom. The second-order valence-electron chi connectivity index (χ2n) is 8.53. The molecule has 2 atom stereocenters. The summed E-state index contributed by atoms with van der Waals surface area (Å²) >= 11 is 0. The lowest BCUT2D eigenvalue weighted by atomic mass is 10.1. The Labute approximate surface area is 179 Å². The zero-order valence-corrected chi connectivity index (χ0v) is 18.1. The molecule has 6 nitrogen and oxygen atoms in total. The maximum atomic E-state index is 15.2. The van der Waals surface area contributed by atoms with Gasteiger partial charge in [0.25, 0.3) is 0 Å². The van der Waals surface area contributed by atoms with Crippen LogP contribution in [0.5, 0.6) is 0 Å². The number of pyridine rings is 1. The van der Waals surface area contributed by atoms with Crippen molar-refractivity contribution in [3.05, 3.63) is 69.3 Å². The van der Waals surface area contributed by atoms with Gasteiger partial charge in [0.2, 0.25) is 5.43 Å². The maximum absolute atomic E-state index is 15.2. The molecule has 0 aliphatic carbocycles. The van der Waals surface area contributed by atoms with Gasteiger partial charge < -0.3 is 19.9 Å². The Bertz CT molecular complexity index is 1240. The molecule has 2 heterocycles. The highest BCUT2D eigenvalue weighted by atomic mass is 19.1. The summed E-state index contributed by atoms with van der Waals surface area (Å²) in [6, 6.07) is 9.03. The van der Waals surface area contributed by atoms with Crippen LogP contribution in [-0.4, -0.2) is 40.8 Å². The van der Waals surface area contributed by atoms with E-state index in [2.05, 4.69) is 5.32 Å². The van der Waals surface area contributed by atoms with Gasteiger partial charge >= 0.3 is 5.97 Å². The molecule has 1 aliphatic heterocycles. The van der Waals surface area contributed by atoms with Gasteiger partial charge in [-0.15, -0.1) is 0 Å². The first kappa shape index (κ1) is 21.1. The highest BCUT2D eigenvalue weighted by Crippen LogP contribution is 2.29. The number of aryl methyl sites for hydroxylation is 2.